The predicted molar refractivity (Wildman–Crippen MR) is 81.5 cm³/mol. The second-order valence-electron chi connectivity index (χ2n) is 5.09. The first kappa shape index (κ1) is 14.9. The van der Waals surface area contributed by atoms with Crippen LogP contribution >= 0.6 is 11.8 Å². The molecule has 0 saturated carbocycles. The van der Waals surface area contributed by atoms with Gasteiger partial charge in [-0.25, -0.2) is 0 Å². The van der Waals surface area contributed by atoms with Gasteiger partial charge >= 0.3 is 0 Å². The average molecular weight is 292 g/mol. The highest BCUT2D eigenvalue weighted by molar-refractivity contribution is 7.98. The number of amides is 2. The van der Waals surface area contributed by atoms with Crippen LogP contribution in [0.1, 0.15) is 25.5 Å². The van der Waals surface area contributed by atoms with Gasteiger partial charge in [0.1, 0.15) is 12.1 Å². The van der Waals surface area contributed by atoms with Crippen molar-refractivity contribution >= 4 is 23.6 Å². The van der Waals surface area contributed by atoms with Crippen molar-refractivity contribution in [1.82, 2.24) is 10.2 Å². The minimum atomic E-state index is -0.526. The molecule has 0 bridgehead atoms. The second kappa shape index (κ2) is 6.31. The monoisotopic (exact) mass is 292 g/mol. The van der Waals surface area contributed by atoms with E-state index in [0.29, 0.717) is 0 Å². The molecule has 5 heteroatoms. The molecule has 1 aromatic carbocycles. The van der Waals surface area contributed by atoms with E-state index in [4.69, 9.17) is 0 Å². The third-order valence-corrected chi connectivity index (χ3v) is 4.32. The van der Waals surface area contributed by atoms with Gasteiger partial charge < -0.3 is 10.2 Å². The van der Waals surface area contributed by atoms with Crippen molar-refractivity contribution in [3.8, 4) is 0 Å². The molecule has 2 rings (SSSR count). The molecular weight excluding hydrogens is 272 g/mol. The number of nitrogens with one attached hydrogen (secondary N) is 1. The first-order chi connectivity index (χ1) is 9.56. The molecule has 1 aromatic rings. The van der Waals surface area contributed by atoms with E-state index in [1.165, 1.54) is 0 Å². The number of thioether (sulfide) groups is 1. The molecule has 2 amide bonds. The number of rotatable bonds is 4. The van der Waals surface area contributed by atoms with Gasteiger partial charge in [-0.2, -0.15) is 11.8 Å². The Morgan fingerprint density at radius 2 is 1.95 bits per heavy atom. The van der Waals surface area contributed by atoms with E-state index < -0.39 is 12.1 Å². The lowest BCUT2D eigenvalue weighted by Gasteiger charge is -2.41. The Morgan fingerprint density at radius 1 is 1.30 bits per heavy atom. The van der Waals surface area contributed by atoms with Gasteiger partial charge in [0.25, 0.3) is 0 Å². The summed E-state index contributed by atoms with van der Waals surface area (Å²) in [6.45, 7) is 3.73. The molecular formula is C15H20N2O2S. The minimum Gasteiger partial charge on any atom is -0.342 e. The van der Waals surface area contributed by atoms with E-state index in [1.807, 2.05) is 43.5 Å². The number of piperazine rings is 1. The van der Waals surface area contributed by atoms with Crippen LogP contribution in [0.4, 0.5) is 0 Å². The van der Waals surface area contributed by atoms with Crippen molar-refractivity contribution < 1.29 is 9.59 Å². The Morgan fingerprint density at radius 3 is 2.55 bits per heavy atom. The predicted octanol–water partition coefficient (Wildman–Crippen LogP) is 1.83. The van der Waals surface area contributed by atoms with Crippen LogP contribution in [0.3, 0.4) is 0 Å². The molecule has 0 radical (unpaired) electrons. The molecule has 1 N–H and O–H groups in total. The fraction of sp³-hybridized carbons (Fsp3) is 0.467. The molecule has 1 fully saturated rings. The molecule has 1 heterocycles. The first-order valence-electron chi connectivity index (χ1n) is 6.72. The maximum atomic E-state index is 12.5. The summed E-state index contributed by atoms with van der Waals surface area (Å²) >= 11 is 1.68. The van der Waals surface area contributed by atoms with Gasteiger partial charge in [0.05, 0.1) is 0 Å². The van der Waals surface area contributed by atoms with Crippen LogP contribution in [-0.4, -0.2) is 40.8 Å². The highest BCUT2D eigenvalue weighted by atomic mass is 32.2. The van der Waals surface area contributed by atoms with E-state index >= 15 is 0 Å². The summed E-state index contributed by atoms with van der Waals surface area (Å²) in [6.07, 6.45) is 2.01. The number of hydrogen-bond donors (Lipinski definition) is 1. The zero-order chi connectivity index (χ0) is 14.7. The SMILES string of the molecule is CSCC(C)N1C(=O)C(C)NC(=O)C1c1ccccc1. The van der Waals surface area contributed by atoms with Crippen molar-refractivity contribution in [2.75, 3.05) is 12.0 Å². The quantitative estimate of drug-likeness (QED) is 0.921. The minimum absolute atomic E-state index is 0.0139. The van der Waals surface area contributed by atoms with E-state index in [-0.39, 0.29) is 17.9 Å². The Balaban J connectivity index is 2.38. The second-order valence-corrected chi connectivity index (χ2v) is 6.00. The zero-order valence-electron chi connectivity index (χ0n) is 12.0. The highest BCUT2D eigenvalue weighted by Gasteiger charge is 2.41. The van der Waals surface area contributed by atoms with Crippen molar-refractivity contribution in [2.45, 2.75) is 32.0 Å². The molecule has 0 aliphatic carbocycles. The first-order valence-corrected chi connectivity index (χ1v) is 8.12. The molecule has 0 spiro atoms. The van der Waals surface area contributed by atoms with Crippen LogP contribution in [0.5, 0.6) is 0 Å². The van der Waals surface area contributed by atoms with Crippen LogP contribution in [0.25, 0.3) is 0 Å². The Labute approximate surface area is 123 Å². The maximum Gasteiger partial charge on any atom is 0.248 e. The van der Waals surface area contributed by atoms with E-state index in [0.717, 1.165) is 11.3 Å². The van der Waals surface area contributed by atoms with Crippen LogP contribution < -0.4 is 5.32 Å². The lowest BCUT2D eigenvalue weighted by molar-refractivity contribution is -0.151. The molecule has 4 nitrogen and oxygen atoms in total. The molecule has 108 valence electrons. The molecule has 20 heavy (non-hydrogen) atoms. The van der Waals surface area contributed by atoms with Gasteiger partial charge in [0, 0.05) is 11.8 Å². The molecule has 3 atom stereocenters. The standard InChI is InChI=1S/C15H20N2O2S/c1-10(9-20-3)17-13(12-7-5-4-6-8-12)14(18)16-11(2)15(17)19/h4-8,10-11,13H,9H2,1-3H3,(H,16,18). The maximum absolute atomic E-state index is 12.5. The largest absolute Gasteiger partial charge is 0.342 e. The summed E-state index contributed by atoms with van der Waals surface area (Å²) in [4.78, 5) is 26.6. The molecule has 3 unspecified atom stereocenters. The summed E-state index contributed by atoms with van der Waals surface area (Å²) in [5.41, 5.74) is 0.859. The number of carbonyl (C=O) groups is 2. The number of carbonyl (C=O) groups excluding carboxylic acids is 2. The smallest absolute Gasteiger partial charge is 0.248 e. The Hall–Kier alpha value is -1.49. The lowest BCUT2D eigenvalue weighted by atomic mass is 9.98. The van der Waals surface area contributed by atoms with Gasteiger partial charge in [-0.15, -0.1) is 0 Å². The van der Waals surface area contributed by atoms with Crippen LogP contribution in [0.2, 0.25) is 0 Å². The third kappa shape index (κ3) is 2.82. The number of nitrogens with zero attached hydrogens (tertiary/aromatic N) is 1. The number of benzene rings is 1. The Kier molecular flexibility index (Phi) is 4.70. The third-order valence-electron chi connectivity index (χ3n) is 3.51. The van der Waals surface area contributed by atoms with Gasteiger partial charge in [0.15, 0.2) is 0 Å². The fourth-order valence-electron chi connectivity index (χ4n) is 2.57. The van der Waals surface area contributed by atoms with E-state index in [2.05, 4.69) is 5.32 Å². The Bertz CT molecular complexity index is 492. The molecule has 1 aliphatic heterocycles. The van der Waals surface area contributed by atoms with Crippen LogP contribution in [-0.2, 0) is 9.59 Å². The highest BCUT2D eigenvalue weighted by Crippen LogP contribution is 2.28. The van der Waals surface area contributed by atoms with Crippen molar-refractivity contribution in [3.63, 3.8) is 0 Å². The molecule has 1 saturated heterocycles. The summed E-state index contributed by atoms with van der Waals surface area (Å²) < 4.78 is 0. The van der Waals surface area contributed by atoms with Crippen molar-refractivity contribution in [1.29, 1.82) is 0 Å². The normalized spacial score (nSPS) is 24.4. The van der Waals surface area contributed by atoms with Gasteiger partial charge in [-0.1, -0.05) is 30.3 Å². The summed E-state index contributed by atoms with van der Waals surface area (Å²) in [5, 5.41) is 2.77. The van der Waals surface area contributed by atoms with Crippen LogP contribution in [0, 0.1) is 0 Å². The van der Waals surface area contributed by atoms with Crippen molar-refractivity contribution in [3.05, 3.63) is 35.9 Å². The van der Waals surface area contributed by atoms with Crippen molar-refractivity contribution in [2.24, 2.45) is 0 Å². The fourth-order valence-corrected chi connectivity index (χ4v) is 3.21. The topological polar surface area (TPSA) is 49.4 Å². The van der Waals surface area contributed by atoms with E-state index in [9.17, 15) is 9.59 Å². The lowest BCUT2D eigenvalue weighted by Crippen LogP contribution is -2.60. The van der Waals surface area contributed by atoms with Gasteiger partial charge in [0.2, 0.25) is 11.8 Å². The van der Waals surface area contributed by atoms with Gasteiger partial charge in [-0.3, -0.25) is 9.59 Å². The van der Waals surface area contributed by atoms with E-state index in [1.54, 1.807) is 23.6 Å². The molecule has 0 aromatic heterocycles. The average Bonchev–Trinajstić information content (AvgIpc) is 2.43. The van der Waals surface area contributed by atoms with Gasteiger partial charge in [-0.05, 0) is 25.7 Å². The zero-order valence-corrected chi connectivity index (χ0v) is 12.8. The molecule has 1 aliphatic rings. The summed E-state index contributed by atoms with van der Waals surface area (Å²) in [7, 11) is 0. The number of hydrogen-bond acceptors (Lipinski definition) is 3. The summed E-state index contributed by atoms with van der Waals surface area (Å²) in [5.74, 6) is 0.700. The summed E-state index contributed by atoms with van der Waals surface area (Å²) in [6, 6.07) is 8.53. The van der Waals surface area contributed by atoms with Crippen LogP contribution in [0.15, 0.2) is 30.3 Å².